The number of allylic oxidation sites excluding steroid dienone is 2. The van der Waals surface area contributed by atoms with Gasteiger partial charge in [-0.1, -0.05) is 29.8 Å². The molecule has 1 aliphatic carbocycles. The van der Waals surface area contributed by atoms with Crippen molar-refractivity contribution in [3.05, 3.63) is 64.4 Å². The van der Waals surface area contributed by atoms with Crippen LogP contribution in [0.1, 0.15) is 10.8 Å². The number of aromatic nitrogens is 1. The van der Waals surface area contributed by atoms with Crippen LogP contribution in [0.2, 0.25) is 5.02 Å². The second-order valence-corrected chi connectivity index (χ2v) is 7.46. The van der Waals surface area contributed by atoms with Gasteiger partial charge in [0.2, 0.25) is 6.41 Å². The van der Waals surface area contributed by atoms with E-state index in [1.165, 1.54) is 17.4 Å². The van der Waals surface area contributed by atoms with Gasteiger partial charge < -0.3 is 9.73 Å². The number of aryl methyl sites for hydroxylation is 1. The van der Waals surface area contributed by atoms with Crippen molar-refractivity contribution in [1.29, 1.82) is 0 Å². The van der Waals surface area contributed by atoms with Crippen LogP contribution in [-0.4, -0.2) is 17.4 Å². The summed E-state index contributed by atoms with van der Waals surface area (Å²) in [5.74, 6) is 0.560. The van der Waals surface area contributed by atoms with E-state index in [-0.39, 0.29) is 0 Å². The minimum atomic E-state index is -1.81. The summed E-state index contributed by atoms with van der Waals surface area (Å²) in [6, 6.07) is 6.34. The minimum Gasteiger partial charge on any atom is -0.441 e. The van der Waals surface area contributed by atoms with Gasteiger partial charge in [-0.05, 0) is 30.3 Å². The summed E-state index contributed by atoms with van der Waals surface area (Å²) < 4.78 is 21.2. The predicted octanol–water partition coefficient (Wildman–Crippen LogP) is 4.92. The first-order valence-corrected chi connectivity index (χ1v) is 9.13. The van der Waals surface area contributed by atoms with Gasteiger partial charge in [0.25, 0.3) is 0 Å². The van der Waals surface area contributed by atoms with Gasteiger partial charge in [-0.25, -0.2) is 9.37 Å². The van der Waals surface area contributed by atoms with Gasteiger partial charge in [0.15, 0.2) is 17.1 Å². The Morgan fingerprint density at radius 1 is 1.38 bits per heavy atom. The molecule has 1 amide bonds. The number of benzene rings is 1. The summed E-state index contributed by atoms with van der Waals surface area (Å²) in [6.07, 6.45) is 6.94. The molecule has 0 saturated carbocycles. The smallest absolute Gasteiger partial charge is 0.207 e. The van der Waals surface area contributed by atoms with Crippen molar-refractivity contribution in [3.8, 4) is 10.4 Å². The Bertz CT molecular complexity index is 1060. The number of amides is 1. The Kier molecular flexibility index (Phi) is 4.17. The van der Waals surface area contributed by atoms with Crippen LogP contribution in [0.25, 0.3) is 21.5 Å². The molecule has 3 aromatic rings. The van der Waals surface area contributed by atoms with Crippen molar-refractivity contribution < 1.29 is 13.6 Å². The van der Waals surface area contributed by atoms with E-state index in [0.29, 0.717) is 33.3 Å². The molecule has 132 valence electrons. The Morgan fingerprint density at radius 3 is 3.04 bits per heavy atom. The van der Waals surface area contributed by atoms with E-state index in [9.17, 15) is 4.79 Å². The number of alkyl halides is 1. The zero-order valence-corrected chi connectivity index (χ0v) is 15.3. The summed E-state index contributed by atoms with van der Waals surface area (Å²) >= 11 is 7.69. The van der Waals surface area contributed by atoms with E-state index in [2.05, 4.69) is 10.3 Å². The van der Waals surface area contributed by atoms with Crippen LogP contribution in [0.4, 0.5) is 4.39 Å². The van der Waals surface area contributed by atoms with Gasteiger partial charge >= 0.3 is 0 Å². The first kappa shape index (κ1) is 17.0. The van der Waals surface area contributed by atoms with E-state index in [1.54, 1.807) is 37.3 Å². The van der Waals surface area contributed by atoms with Crippen LogP contribution in [0.3, 0.4) is 0 Å². The lowest BCUT2D eigenvalue weighted by Crippen LogP contribution is -2.43. The van der Waals surface area contributed by atoms with Crippen LogP contribution in [0, 0.1) is 6.92 Å². The minimum absolute atomic E-state index is 0.484. The fourth-order valence-corrected chi connectivity index (χ4v) is 4.50. The van der Waals surface area contributed by atoms with Gasteiger partial charge in [-0.15, -0.1) is 11.3 Å². The van der Waals surface area contributed by atoms with E-state index in [4.69, 9.17) is 16.0 Å². The molecule has 0 saturated heterocycles. The molecule has 2 atom stereocenters. The summed E-state index contributed by atoms with van der Waals surface area (Å²) in [6.45, 7) is 1.77. The van der Waals surface area contributed by atoms with Crippen molar-refractivity contribution in [2.24, 2.45) is 0 Å². The average molecular weight is 389 g/mol. The fraction of sp³-hybridized carbons (Fsp3) is 0.158. The fourth-order valence-electron chi connectivity index (χ4n) is 3.04. The van der Waals surface area contributed by atoms with Crippen molar-refractivity contribution in [2.75, 3.05) is 0 Å². The molecule has 0 spiro atoms. The average Bonchev–Trinajstić information content (AvgIpc) is 3.22. The number of carbonyl (C=O) groups is 1. The highest BCUT2D eigenvalue weighted by molar-refractivity contribution is 7.15. The van der Waals surface area contributed by atoms with E-state index < -0.39 is 11.7 Å². The SMILES string of the molecule is Cc1nc2cc(Cl)c(-c3ccc(C4(F)C=CC=CC4NC=O)s3)cc2o1. The van der Waals surface area contributed by atoms with Gasteiger partial charge in [-0.3, -0.25) is 4.79 Å². The number of nitrogens with one attached hydrogen (secondary N) is 1. The number of rotatable bonds is 4. The molecule has 0 radical (unpaired) electrons. The van der Waals surface area contributed by atoms with Crippen molar-refractivity contribution in [2.45, 2.75) is 18.6 Å². The molecule has 26 heavy (non-hydrogen) atoms. The molecule has 4 rings (SSSR count). The summed E-state index contributed by atoms with van der Waals surface area (Å²) in [5, 5.41) is 3.05. The molecule has 2 unspecified atom stereocenters. The third kappa shape index (κ3) is 2.75. The molecular formula is C19H14ClFN2O2S. The van der Waals surface area contributed by atoms with Gasteiger partial charge in [0.1, 0.15) is 5.52 Å². The summed E-state index contributed by atoms with van der Waals surface area (Å²) in [4.78, 5) is 16.4. The Morgan fingerprint density at radius 2 is 2.23 bits per heavy atom. The Hall–Kier alpha value is -2.44. The molecule has 7 heteroatoms. The quantitative estimate of drug-likeness (QED) is 0.645. The third-order valence-electron chi connectivity index (χ3n) is 4.29. The van der Waals surface area contributed by atoms with Gasteiger partial charge in [-0.2, -0.15) is 0 Å². The normalized spacial score (nSPS) is 22.0. The zero-order valence-electron chi connectivity index (χ0n) is 13.7. The number of carbonyl (C=O) groups excluding carboxylic acids is 1. The van der Waals surface area contributed by atoms with Crippen LogP contribution >= 0.6 is 22.9 Å². The van der Waals surface area contributed by atoms with Crippen molar-refractivity contribution in [1.82, 2.24) is 10.3 Å². The van der Waals surface area contributed by atoms with Crippen LogP contribution < -0.4 is 5.32 Å². The van der Waals surface area contributed by atoms with E-state index >= 15 is 4.39 Å². The molecule has 1 N–H and O–H groups in total. The molecule has 0 bridgehead atoms. The maximum Gasteiger partial charge on any atom is 0.207 e. The highest BCUT2D eigenvalue weighted by atomic mass is 35.5. The molecule has 2 heterocycles. The number of halogens is 2. The topological polar surface area (TPSA) is 55.1 Å². The molecule has 1 aliphatic rings. The van der Waals surface area contributed by atoms with Gasteiger partial charge in [0, 0.05) is 22.2 Å². The Labute approximate surface area is 158 Å². The van der Waals surface area contributed by atoms with Crippen molar-refractivity contribution in [3.63, 3.8) is 0 Å². The summed E-state index contributed by atoms with van der Waals surface area (Å²) in [7, 11) is 0. The largest absolute Gasteiger partial charge is 0.441 e. The second kappa shape index (κ2) is 6.37. The Balaban J connectivity index is 1.76. The second-order valence-electron chi connectivity index (χ2n) is 5.97. The molecule has 4 nitrogen and oxygen atoms in total. The highest BCUT2D eigenvalue weighted by Crippen LogP contribution is 2.43. The zero-order chi connectivity index (χ0) is 18.3. The maximum atomic E-state index is 15.6. The monoisotopic (exact) mass is 388 g/mol. The number of fused-ring (bicyclic) bond motifs is 1. The third-order valence-corrected chi connectivity index (χ3v) is 5.84. The number of oxazole rings is 1. The van der Waals surface area contributed by atoms with Gasteiger partial charge in [0.05, 0.1) is 11.1 Å². The molecular weight excluding hydrogens is 375 g/mol. The molecule has 0 aliphatic heterocycles. The first-order chi connectivity index (χ1) is 12.5. The lowest BCUT2D eigenvalue weighted by Gasteiger charge is -2.29. The van der Waals surface area contributed by atoms with E-state index in [1.807, 2.05) is 12.1 Å². The predicted molar refractivity (Wildman–Crippen MR) is 101 cm³/mol. The number of hydrogen-bond acceptors (Lipinski definition) is 4. The molecule has 1 aromatic carbocycles. The van der Waals surface area contributed by atoms with Crippen LogP contribution in [0.5, 0.6) is 0 Å². The molecule has 2 aromatic heterocycles. The lowest BCUT2D eigenvalue weighted by atomic mass is 9.90. The van der Waals surface area contributed by atoms with Crippen LogP contribution in [0.15, 0.2) is 53.0 Å². The maximum absolute atomic E-state index is 15.6. The number of nitrogens with zero attached hydrogens (tertiary/aromatic N) is 1. The number of thiophene rings is 1. The standard InChI is InChI=1S/C19H14ClFN2O2S/c1-11-23-14-9-13(20)12(8-15(14)25-11)16-5-6-18(26-16)19(21)7-3-2-4-17(19)22-10-24/h2-10,17H,1H3,(H,22,24). The molecule has 0 fully saturated rings. The van der Waals surface area contributed by atoms with E-state index in [0.717, 1.165) is 10.4 Å². The summed E-state index contributed by atoms with van der Waals surface area (Å²) in [5.41, 5.74) is 0.265. The van der Waals surface area contributed by atoms with Crippen molar-refractivity contribution >= 4 is 40.4 Å². The lowest BCUT2D eigenvalue weighted by molar-refractivity contribution is -0.110. The van der Waals surface area contributed by atoms with Crippen LogP contribution in [-0.2, 0) is 10.5 Å². The number of hydrogen-bond donors (Lipinski definition) is 1. The highest BCUT2D eigenvalue weighted by Gasteiger charge is 2.39. The first-order valence-electron chi connectivity index (χ1n) is 7.93.